The van der Waals surface area contributed by atoms with Crippen molar-refractivity contribution in [2.45, 2.75) is 32.2 Å². The number of hydrogen-bond donors (Lipinski definition) is 2. The second-order valence-electron chi connectivity index (χ2n) is 6.46. The summed E-state index contributed by atoms with van der Waals surface area (Å²) in [5.74, 6) is 0.785. The quantitative estimate of drug-likeness (QED) is 0.710. The monoisotopic (exact) mass is 319 g/mol. The Hall–Kier alpha value is -2.75. The number of rotatable bonds is 3. The van der Waals surface area contributed by atoms with Gasteiger partial charge in [-0.1, -0.05) is 42.0 Å². The fourth-order valence-corrected chi connectivity index (χ4v) is 3.31. The van der Waals surface area contributed by atoms with Gasteiger partial charge >= 0.3 is 0 Å². The summed E-state index contributed by atoms with van der Waals surface area (Å²) in [7, 11) is 0. The van der Waals surface area contributed by atoms with E-state index in [2.05, 4.69) is 47.6 Å². The van der Waals surface area contributed by atoms with Crippen molar-refractivity contribution in [1.82, 2.24) is 4.98 Å². The highest BCUT2D eigenvalue weighted by Crippen LogP contribution is 2.29. The third kappa shape index (κ3) is 2.87. The van der Waals surface area contributed by atoms with E-state index in [9.17, 15) is 0 Å². The summed E-state index contributed by atoms with van der Waals surface area (Å²) in [4.78, 5) is 4.38. The Morgan fingerprint density at radius 3 is 2.83 bits per heavy atom. The first-order chi connectivity index (χ1) is 11.7. The summed E-state index contributed by atoms with van der Waals surface area (Å²) in [6, 6.07) is 15.3. The van der Waals surface area contributed by atoms with Gasteiger partial charge in [-0.2, -0.15) is 0 Å². The highest BCUT2D eigenvalue weighted by Gasteiger charge is 2.21. The number of fused-ring (bicyclic) bond motifs is 1. The van der Waals surface area contributed by atoms with Crippen LogP contribution in [0.25, 0.3) is 11.3 Å². The van der Waals surface area contributed by atoms with Gasteiger partial charge in [-0.3, -0.25) is 0 Å². The molecule has 3 aromatic rings. The zero-order valence-corrected chi connectivity index (χ0v) is 13.8. The van der Waals surface area contributed by atoms with Gasteiger partial charge in [0, 0.05) is 17.3 Å². The molecule has 1 atom stereocenters. The number of anilines is 2. The van der Waals surface area contributed by atoms with Crippen molar-refractivity contribution in [3.05, 3.63) is 65.4 Å². The third-order valence-electron chi connectivity index (χ3n) is 4.69. The SMILES string of the molecule is Cc1ccc(-c2cnc(NC3CCc4cccc(N)c4C3)o2)cc1. The second kappa shape index (κ2) is 6.04. The van der Waals surface area contributed by atoms with E-state index in [4.69, 9.17) is 10.2 Å². The Balaban J connectivity index is 1.49. The van der Waals surface area contributed by atoms with Crippen LogP contribution in [0.5, 0.6) is 0 Å². The number of oxazole rings is 1. The highest BCUT2D eigenvalue weighted by molar-refractivity contribution is 5.58. The minimum absolute atomic E-state index is 0.298. The normalized spacial score (nSPS) is 16.6. The minimum Gasteiger partial charge on any atom is -0.424 e. The van der Waals surface area contributed by atoms with E-state index in [1.165, 1.54) is 16.7 Å². The maximum atomic E-state index is 6.12. The Morgan fingerprint density at radius 2 is 2.00 bits per heavy atom. The molecule has 0 saturated carbocycles. The van der Waals surface area contributed by atoms with E-state index in [0.717, 1.165) is 36.3 Å². The molecule has 1 heterocycles. The standard InChI is InChI=1S/C20H21N3O/c1-13-5-7-15(8-6-13)19-12-22-20(24-19)23-16-10-9-14-3-2-4-18(21)17(14)11-16/h2-8,12,16H,9-11,21H2,1H3,(H,22,23). The molecular weight excluding hydrogens is 298 g/mol. The molecular formula is C20H21N3O. The fourth-order valence-electron chi connectivity index (χ4n) is 3.31. The summed E-state index contributed by atoms with van der Waals surface area (Å²) < 4.78 is 5.88. The van der Waals surface area contributed by atoms with Crippen LogP contribution in [0.15, 0.2) is 53.1 Å². The van der Waals surface area contributed by atoms with Crippen molar-refractivity contribution in [1.29, 1.82) is 0 Å². The summed E-state index contributed by atoms with van der Waals surface area (Å²) in [6.45, 7) is 2.07. The lowest BCUT2D eigenvalue weighted by Crippen LogP contribution is -2.28. The average molecular weight is 319 g/mol. The lowest BCUT2D eigenvalue weighted by molar-refractivity contribution is 0.544. The lowest BCUT2D eigenvalue weighted by atomic mass is 9.87. The molecule has 0 amide bonds. The number of nitrogens with zero attached hydrogens (tertiary/aromatic N) is 1. The predicted octanol–water partition coefficient (Wildman–Crippen LogP) is 4.20. The first kappa shape index (κ1) is 14.8. The average Bonchev–Trinajstić information content (AvgIpc) is 3.05. The summed E-state index contributed by atoms with van der Waals surface area (Å²) in [5.41, 5.74) is 11.9. The maximum Gasteiger partial charge on any atom is 0.295 e. The smallest absolute Gasteiger partial charge is 0.295 e. The van der Waals surface area contributed by atoms with Crippen LogP contribution in [0, 0.1) is 6.92 Å². The number of nitrogens with one attached hydrogen (secondary N) is 1. The van der Waals surface area contributed by atoms with E-state index in [0.29, 0.717) is 12.1 Å². The van der Waals surface area contributed by atoms with Crippen LogP contribution in [-0.2, 0) is 12.8 Å². The Kier molecular flexibility index (Phi) is 3.73. The van der Waals surface area contributed by atoms with Crippen LogP contribution in [0.1, 0.15) is 23.1 Å². The van der Waals surface area contributed by atoms with Crippen molar-refractivity contribution >= 4 is 11.7 Å². The third-order valence-corrected chi connectivity index (χ3v) is 4.69. The van der Waals surface area contributed by atoms with E-state index in [1.54, 1.807) is 6.20 Å². The molecule has 0 fully saturated rings. The van der Waals surface area contributed by atoms with Crippen molar-refractivity contribution in [2.75, 3.05) is 11.1 Å². The van der Waals surface area contributed by atoms with Gasteiger partial charge in [-0.15, -0.1) is 0 Å². The topological polar surface area (TPSA) is 64.1 Å². The van der Waals surface area contributed by atoms with E-state index >= 15 is 0 Å². The Morgan fingerprint density at radius 1 is 1.17 bits per heavy atom. The summed E-state index contributed by atoms with van der Waals surface area (Å²) in [6.07, 6.45) is 4.77. The first-order valence-corrected chi connectivity index (χ1v) is 8.35. The molecule has 0 saturated heterocycles. The van der Waals surface area contributed by atoms with Gasteiger partial charge in [-0.25, -0.2) is 4.98 Å². The van der Waals surface area contributed by atoms with Crippen LogP contribution < -0.4 is 11.1 Å². The largest absolute Gasteiger partial charge is 0.424 e. The summed E-state index contributed by atoms with van der Waals surface area (Å²) >= 11 is 0. The fraction of sp³-hybridized carbons (Fsp3) is 0.250. The van der Waals surface area contributed by atoms with Crippen LogP contribution in [0.3, 0.4) is 0 Å². The number of nitrogen functional groups attached to an aromatic ring is 1. The number of aryl methyl sites for hydroxylation is 2. The van der Waals surface area contributed by atoms with Gasteiger partial charge in [0.2, 0.25) is 0 Å². The molecule has 1 unspecified atom stereocenters. The molecule has 24 heavy (non-hydrogen) atoms. The zero-order valence-electron chi connectivity index (χ0n) is 13.8. The van der Waals surface area contributed by atoms with E-state index < -0.39 is 0 Å². The molecule has 4 rings (SSSR count). The second-order valence-corrected chi connectivity index (χ2v) is 6.46. The Labute approximate surface area is 141 Å². The van der Waals surface area contributed by atoms with Gasteiger partial charge in [0.05, 0.1) is 6.20 Å². The van der Waals surface area contributed by atoms with Crippen molar-refractivity contribution in [3.8, 4) is 11.3 Å². The zero-order chi connectivity index (χ0) is 16.5. The molecule has 0 aliphatic heterocycles. The molecule has 0 spiro atoms. The van der Waals surface area contributed by atoms with Gasteiger partial charge in [0.15, 0.2) is 5.76 Å². The molecule has 3 N–H and O–H groups in total. The molecule has 122 valence electrons. The first-order valence-electron chi connectivity index (χ1n) is 8.35. The molecule has 4 heteroatoms. The molecule has 0 bridgehead atoms. The van der Waals surface area contributed by atoms with Gasteiger partial charge < -0.3 is 15.5 Å². The summed E-state index contributed by atoms with van der Waals surface area (Å²) in [5, 5.41) is 3.42. The van der Waals surface area contributed by atoms with Gasteiger partial charge in [-0.05, 0) is 43.4 Å². The Bertz CT molecular complexity index is 852. The van der Waals surface area contributed by atoms with E-state index in [1.807, 2.05) is 12.1 Å². The minimum atomic E-state index is 0.298. The molecule has 4 nitrogen and oxygen atoms in total. The molecule has 1 aromatic heterocycles. The number of benzene rings is 2. The highest BCUT2D eigenvalue weighted by atomic mass is 16.4. The molecule has 1 aliphatic rings. The molecule has 2 aromatic carbocycles. The van der Waals surface area contributed by atoms with Crippen molar-refractivity contribution in [2.24, 2.45) is 0 Å². The van der Waals surface area contributed by atoms with Crippen LogP contribution in [0.2, 0.25) is 0 Å². The van der Waals surface area contributed by atoms with Gasteiger partial charge in [0.1, 0.15) is 0 Å². The van der Waals surface area contributed by atoms with E-state index in [-0.39, 0.29) is 0 Å². The molecule has 1 aliphatic carbocycles. The van der Waals surface area contributed by atoms with Crippen molar-refractivity contribution in [3.63, 3.8) is 0 Å². The van der Waals surface area contributed by atoms with Crippen LogP contribution in [-0.4, -0.2) is 11.0 Å². The number of aromatic nitrogens is 1. The van der Waals surface area contributed by atoms with Crippen LogP contribution >= 0.6 is 0 Å². The maximum absolute atomic E-state index is 6.12. The van der Waals surface area contributed by atoms with Crippen molar-refractivity contribution < 1.29 is 4.42 Å². The number of hydrogen-bond acceptors (Lipinski definition) is 4. The predicted molar refractivity (Wildman–Crippen MR) is 97.0 cm³/mol. The molecule has 0 radical (unpaired) electrons. The number of nitrogens with two attached hydrogens (primary N) is 1. The van der Waals surface area contributed by atoms with Gasteiger partial charge in [0.25, 0.3) is 6.01 Å². The van der Waals surface area contributed by atoms with Crippen LogP contribution in [0.4, 0.5) is 11.7 Å². The lowest BCUT2D eigenvalue weighted by Gasteiger charge is -2.25.